The Kier molecular flexibility index (Phi) is 5.80. The van der Waals surface area contributed by atoms with Crippen LogP contribution in [-0.2, 0) is 14.6 Å². The van der Waals surface area contributed by atoms with Crippen LogP contribution >= 0.6 is 11.6 Å². The molecule has 2 aromatic rings. The Morgan fingerprint density at radius 3 is 2.46 bits per heavy atom. The van der Waals surface area contributed by atoms with Crippen LogP contribution in [0.5, 0.6) is 5.75 Å². The third-order valence-electron chi connectivity index (χ3n) is 3.14. The van der Waals surface area contributed by atoms with E-state index in [0.717, 1.165) is 6.07 Å². The van der Waals surface area contributed by atoms with E-state index in [1.807, 2.05) is 0 Å². The van der Waals surface area contributed by atoms with Crippen molar-refractivity contribution in [1.82, 2.24) is 0 Å². The molecule has 2 aromatic carbocycles. The lowest BCUT2D eigenvalue weighted by Gasteiger charge is -2.09. The van der Waals surface area contributed by atoms with Crippen molar-refractivity contribution in [1.29, 1.82) is 0 Å². The first-order chi connectivity index (χ1) is 11.3. The van der Waals surface area contributed by atoms with Crippen LogP contribution < -0.4 is 10.1 Å². The molecule has 1 amide bonds. The smallest absolute Gasteiger partial charge is 0.262 e. The summed E-state index contributed by atoms with van der Waals surface area (Å²) in [6, 6.07) is 9.62. The normalized spacial score (nSPS) is 11.1. The van der Waals surface area contributed by atoms with Crippen molar-refractivity contribution in [3.05, 3.63) is 53.3 Å². The minimum absolute atomic E-state index is 0.00672. The molecule has 0 aromatic heterocycles. The first kappa shape index (κ1) is 18.2. The highest BCUT2D eigenvalue weighted by atomic mass is 35.5. The number of ether oxygens (including phenoxy) is 1. The standard InChI is InChI=1S/C16H15ClFNO4S/c1-2-24(21,22)13-6-3-11(4-7-13)19-16(20)10-23-12-5-8-15(18)14(17)9-12/h3-9H,2,10H2,1H3,(H,19,20). The van der Waals surface area contributed by atoms with Gasteiger partial charge in [0.05, 0.1) is 15.7 Å². The minimum Gasteiger partial charge on any atom is -0.484 e. The molecule has 0 saturated carbocycles. The van der Waals surface area contributed by atoms with Gasteiger partial charge in [-0.2, -0.15) is 0 Å². The molecular formula is C16H15ClFNO4S. The lowest BCUT2D eigenvalue weighted by molar-refractivity contribution is -0.118. The SMILES string of the molecule is CCS(=O)(=O)c1ccc(NC(=O)COc2ccc(F)c(Cl)c2)cc1. The number of hydrogen-bond acceptors (Lipinski definition) is 4. The molecule has 0 spiro atoms. The second-order valence-electron chi connectivity index (χ2n) is 4.84. The number of carbonyl (C=O) groups is 1. The second kappa shape index (κ2) is 7.63. The Balaban J connectivity index is 1.93. The van der Waals surface area contributed by atoms with Crippen molar-refractivity contribution in [2.24, 2.45) is 0 Å². The summed E-state index contributed by atoms with van der Waals surface area (Å²) in [7, 11) is -3.28. The fourth-order valence-corrected chi connectivity index (χ4v) is 2.88. The largest absolute Gasteiger partial charge is 0.484 e. The van der Waals surface area contributed by atoms with Crippen molar-refractivity contribution in [2.45, 2.75) is 11.8 Å². The molecule has 128 valence electrons. The van der Waals surface area contributed by atoms with Gasteiger partial charge in [-0.15, -0.1) is 0 Å². The molecular weight excluding hydrogens is 357 g/mol. The molecule has 0 aliphatic heterocycles. The summed E-state index contributed by atoms with van der Waals surface area (Å²) >= 11 is 5.62. The molecule has 0 radical (unpaired) electrons. The van der Waals surface area contributed by atoms with Crippen LogP contribution in [-0.4, -0.2) is 26.7 Å². The van der Waals surface area contributed by atoms with Crippen LogP contribution in [0, 0.1) is 5.82 Å². The average molecular weight is 372 g/mol. The summed E-state index contributed by atoms with van der Waals surface area (Å²) in [5.74, 6) is -0.745. The molecule has 2 rings (SSSR count). The molecule has 0 bridgehead atoms. The summed E-state index contributed by atoms with van der Waals surface area (Å²) in [5.41, 5.74) is 0.441. The number of nitrogens with one attached hydrogen (secondary N) is 1. The average Bonchev–Trinajstić information content (AvgIpc) is 2.56. The number of hydrogen-bond donors (Lipinski definition) is 1. The number of anilines is 1. The second-order valence-corrected chi connectivity index (χ2v) is 7.53. The van der Waals surface area contributed by atoms with Crippen LogP contribution in [0.1, 0.15) is 6.92 Å². The molecule has 0 heterocycles. The van der Waals surface area contributed by atoms with Crippen LogP contribution in [0.25, 0.3) is 0 Å². The van der Waals surface area contributed by atoms with Gasteiger partial charge >= 0.3 is 0 Å². The van der Waals surface area contributed by atoms with Crippen molar-refractivity contribution in [3.8, 4) is 5.75 Å². The molecule has 0 unspecified atom stereocenters. The molecule has 0 fully saturated rings. The van der Waals surface area contributed by atoms with Gasteiger partial charge in [0.2, 0.25) is 0 Å². The van der Waals surface area contributed by atoms with Gasteiger partial charge in [-0.25, -0.2) is 12.8 Å². The fraction of sp³-hybridized carbons (Fsp3) is 0.188. The minimum atomic E-state index is -3.28. The summed E-state index contributed by atoms with van der Waals surface area (Å²) in [6.45, 7) is 1.26. The molecule has 1 N–H and O–H groups in total. The van der Waals surface area contributed by atoms with E-state index in [2.05, 4.69) is 5.32 Å². The summed E-state index contributed by atoms with van der Waals surface area (Å²) < 4.78 is 41.6. The maximum Gasteiger partial charge on any atom is 0.262 e. The van der Waals surface area contributed by atoms with Gasteiger partial charge in [-0.1, -0.05) is 18.5 Å². The van der Waals surface area contributed by atoms with Gasteiger partial charge in [0.25, 0.3) is 5.91 Å². The van der Waals surface area contributed by atoms with Crippen LogP contribution in [0.2, 0.25) is 5.02 Å². The van der Waals surface area contributed by atoms with Crippen LogP contribution in [0.3, 0.4) is 0 Å². The molecule has 0 atom stereocenters. The number of sulfone groups is 1. The van der Waals surface area contributed by atoms with E-state index in [1.165, 1.54) is 36.4 Å². The summed E-state index contributed by atoms with van der Waals surface area (Å²) in [6.07, 6.45) is 0. The molecule has 5 nitrogen and oxygen atoms in total. The van der Waals surface area contributed by atoms with Crippen molar-refractivity contribution in [2.75, 3.05) is 17.7 Å². The Morgan fingerprint density at radius 2 is 1.88 bits per heavy atom. The van der Waals surface area contributed by atoms with Gasteiger partial charge in [0.1, 0.15) is 11.6 Å². The Bertz CT molecular complexity index is 838. The number of carbonyl (C=O) groups excluding carboxylic acids is 1. The summed E-state index contributed by atoms with van der Waals surface area (Å²) in [5, 5.41) is 2.47. The van der Waals surface area contributed by atoms with E-state index >= 15 is 0 Å². The van der Waals surface area contributed by atoms with Gasteiger partial charge in [0, 0.05) is 11.8 Å². The molecule has 24 heavy (non-hydrogen) atoms. The third-order valence-corrected chi connectivity index (χ3v) is 5.18. The monoisotopic (exact) mass is 371 g/mol. The van der Waals surface area contributed by atoms with Crippen molar-refractivity contribution < 1.29 is 22.3 Å². The van der Waals surface area contributed by atoms with E-state index in [4.69, 9.17) is 16.3 Å². The topological polar surface area (TPSA) is 72.5 Å². The van der Waals surface area contributed by atoms with E-state index in [0.29, 0.717) is 5.69 Å². The molecule has 0 saturated heterocycles. The highest BCUT2D eigenvalue weighted by Gasteiger charge is 2.11. The quantitative estimate of drug-likeness (QED) is 0.845. The van der Waals surface area contributed by atoms with Crippen LogP contribution in [0.15, 0.2) is 47.4 Å². The number of halogens is 2. The highest BCUT2D eigenvalue weighted by Crippen LogP contribution is 2.21. The zero-order valence-electron chi connectivity index (χ0n) is 12.8. The van der Waals surface area contributed by atoms with Gasteiger partial charge in [-0.05, 0) is 36.4 Å². The van der Waals surface area contributed by atoms with Gasteiger partial charge in [0.15, 0.2) is 16.4 Å². The zero-order valence-corrected chi connectivity index (χ0v) is 14.3. The predicted molar refractivity (Wildman–Crippen MR) is 89.7 cm³/mol. The van der Waals surface area contributed by atoms with Crippen molar-refractivity contribution >= 4 is 33.0 Å². The Morgan fingerprint density at radius 1 is 1.21 bits per heavy atom. The van der Waals surface area contributed by atoms with Gasteiger partial charge in [-0.3, -0.25) is 4.79 Å². The number of benzene rings is 2. The maximum absolute atomic E-state index is 13.0. The summed E-state index contributed by atoms with van der Waals surface area (Å²) in [4.78, 5) is 12.0. The first-order valence-electron chi connectivity index (χ1n) is 7.02. The zero-order chi connectivity index (χ0) is 17.7. The van der Waals surface area contributed by atoms with Crippen LogP contribution in [0.4, 0.5) is 10.1 Å². The van der Waals surface area contributed by atoms with E-state index in [-0.39, 0.29) is 28.0 Å². The highest BCUT2D eigenvalue weighted by molar-refractivity contribution is 7.91. The lowest BCUT2D eigenvalue weighted by atomic mass is 10.3. The molecule has 8 heteroatoms. The fourth-order valence-electron chi connectivity index (χ4n) is 1.82. The predicted octanol–water partition coefficient (Wildman–Crippen LogP) is 3.29. The number of rotatable bonds is 6. The van der Waals surface area contributed by atoms with E-state index < -0.39 is 21.6 Å². The Labute approximate surface area is 144 Å². The molecule has 0 aliphatic rings. The Hall–Kier alpha value is -2.12. The van der Waals surface area contributed by atoms with Gasteiger partial charge < -0.3 is 10.1 Å². The first-order valence-corrected chi connectivity index (χ1v) is 9.05. The van der Waals surface area contributed by atoms with E-state index in [9.17, 15) is 17.6 Å². The van der Waals surface area contributed by atoms with E-state index in [1.54, 1.807) is 6.92 Å². The molecule has 0 aliphatic carbocycles. The lowest BCUT2D eigenvalue weighted by Crippen LogP contribution is -2.20. The number of amides is 1. The third kappa shape index (κ3) is 4.69. The van der Waals surface area contributed by atoms with Crippen molar-refractivity contribution in [3.63, 3.8) is 0 Å². The maximum atomic E-state index is 13.0.